The number of ether oxygens (including phenoxy) is 5. The van der Waals surface area contributed by atoms with Gasteiger partial charge in [-0.05, 0) is 17.7 Å². The minimum atomic E-state index is -0.489. The topological polar surface area (TPSA) is 93.4 Å². The number of esters is 1. The van der Waals surface area contributed by atoms with Gasteiger partial charge in [0.25, 0.3) is 0 Å². The molecule has 0 unspecified atom stereocenters. The van der Waals surface area contributed by atoms with Crippen molar-refractivity contribution < 1.29 is 32.9 Å². The van der Waals surface area contributed by atoms with E-state index in [0.29, 0.717) is 34.2 Å². The van der Waals surface area contributed by atoms with Crippen LogP contribution < -0.4 is 29.1 Å². The maximum Gasteiger partial charge on any atom is 0.312 e. The molecule has 0 saturated heterocycles. The normalized spacial score (nSPS) is 16.1. The fourth-order valence-corrected chi connectivity index (χ4v) is 4.69. The molecular formula is C27H20O8. The molecule has 176 valence electrons. The number of rotatable bonds is 4. The summed E-state index contributed by atoms with van der Waals surface area (Å²) in [5.41, 5.74) is 2.11. The van der Waals surface area contributed by atoms with E-state index in [9.17, 15) is 9.59 Å². The molecule has 8 nitrogen and oxygen atoms in total. The van der Waals surface area contributed by atoms with Crippen LogP contribution in [0.3, 0.4) is 0 Å². The van der Waals surface area contributed by atoms with Crippen molar-refractivity contribution in [2.45, 2.75) is 12.3 Å². The van der Waals surface area contributed by atoms with Crippen molar-refractivity contribution in [1.29, 1.82) is 0 Å². The Kier molecular flexibility index (Phi) is 4.88. The maximum absolute atomic E-state index is 13.3. The molecule has 0 aliphatic carbocycles. The van der Waals surface area contributed by atoms with E-state index < -0.39 is 11.9 Å². The molecule has 3 heterocycles. The number of hydrogen-bond donors (Lipinski definition) is 0. The molecule has 8 heteroatoms. The van der Waals surface area contributed by atoms with Crippen molar-refractivity contribution in [1.82, 2.24) is 0 Å². The third-order valence-electron chi connectivity index (χ3n) is 6.27. The lowest BCUT2D eigenvalue weighted by Crippen LogP contribution is -2.22. The Balaban J connectivity index is 1.65. The molecule has 0 spiro atoms. The minimum Gasteiger partial charge on any atom is -0.496 e. The summed E-state index contributed by atoms with van der Waals surface area (Å²) in [6.07, 6.45) is 0.0382. The number of carbonyl (C=O) groups excluding carboxylic acids is 1. The molecule has 35 heavy (non-hydrogen) atoms. The van der Waals surface area contributed by atoms with E-state index in [1.807, 2.05) is 36.4 Å². The first kappa shape index (κ1) is 21.1. The summed E-state index contributed by atoms with van der Waals surface area (Å²) in [7, 11) is 2.99. The van der Waals surface area contributed by atoms with Crippen LogP contribution in [0.2, 0.25) is 0 Å². The minimum absolute atomic E-state index is 0.0382. The predicted molar refractivity (Wildman–Crippen MR) is 126 cm³/mol. The molecular weight excluding hydrogens is 452 g/mol. The van der Waals surface area contributed by atoms with Gasteiger partial charge in [0.05, 0.1) is 20.6 Å². The van der Waals surface area contributed by atoms with E-state index in [0.717, 1.165) is 11.1 Å². The van der Waals surface area contributed by atoms with Gasteiger partial charge in [-0.15, -0.1) is 0 Å². The van der Waals surface area contributed by atoms with Crippen LogP contribution >= 0.6 is 0 Å². The average Bonchev–Trinajstić information content (AvgIpc) is 3.36. The van der Waals surface area contributed by atoms with Crippen LogP contribution in [0.25, 0.3) is 22.3 Å². The Labute approximate surface area is 199 Å². The van der Waals surface area contributed by atoms with E-state index in [1.165, 1.54) is 20.3 Å². The van der Waals surface area contributed by atoms with Crippen molar-refractivity contribution in [3.8, 4) is 40.1 Å². The van der Waals surface area contributed by atoms with E-state index in [4.69, 9.17) is 28.1 Å². The quantitative estimate of drug-likeness (QED) is 0.313. The molecule has 0 bridgehead atoms. The molecule has 1 atom stereocenters. The Bertz CT molecular complexity index is 1540. The Morgan fingerprint density at radius 2 is 1.69 bits per heavy atom. The number of benzene rings is 3. The van der Waals surface area contributed by atoms with Crippen LogP contribution in [0.1, 0.15) is 23.5 Å². The van der Waals surface area contributed by atoms with Crippen molar-refractivity contribution in [3.05, 3.63) is 75.9 Å². The summed E-state index contributed by atoms with van der Waals surface area (Å²) < 4.78 is 34.1. The number of methoxy groups -OCH3 is 2. The highest BCUT2D eigenvalue weighted by atomic mass is 16.7. The van der Waals surface area contributed by atoms with E-state index in [2.05, 4.69) is 0 Å². The van der Waals surface area contributed by atoms with E-state index in [1.54, 1.807) is 12.1 Å². The highest BCUT2D eigenvalue weighted by molar-refractivity contribution is 5.93. The Hall–Kier alpha value is -4.46. The van der Waals surface area contributed by atoms with Gasteiger partial charge in [-0.2, -0.15) is 0 Å². The van der Waals surface area contributed by atoms with Crippen molar-refractivity contribution >= 4 is 16.9 Å². The van der Waals surface area contributed by atoms with Crippen molar-refractivity contribution in [3.63, 3.8) is 0 Å². The molecule has 4 aromatic rings. The molecule has 0 radical (unpaired) electrons. The summed E-state index contributed by atoms with van der Waals surface area (Å²) in [6.45, 7) is 0.0773. The molecule has 0 N–H and O–H groups in total. The van der Waals surface area contributed by atoms with Gasteiger partial charge < -0.3 is 28.1 Å². The summed E-state index contributed by atoms with van der Waals surface area (Å²) in [5.74, 6) is 1.55. The van der Waals surface area contributed by atoms with E-state index >= 15 is 0 Å². The van der Waals surface area contributed by atoms with Gasteiger partial charge in [0.15, 0.2) is 16.9 Å². The average molecular weight is 472 g/mol. The molecule has 2 aliphatic heterocycles. The predicted octanol–water partition coefficient (Wildman–Crippen LogP) is 4.65. The second-order valence-electron chi connectivity index (χ2n) is 8.22. The van der Waals surface area contributed by atoms with E-state index in [-0.39, 0.29) is 35.5 Å². The molecule has 6 rings (SSSR count). The zero-order valence-corrected chi connectivity index (χ0v) is 19.0. The number of fused-ring (bicyclic) bond motifs is 4. The number of carbonyl (C=O) groups is 1. The monoisotopic (exact) mass is 472 g/mol. The third kappa shape index (κ3) is 3.37. The fourth-order valence-electron chi connectivity index (χ4n) is 4.69. The van der Waals surface area contributed by atoms with Gasteiger partial charge in [-0.1, -0.05) is 30.3 Å². The molecule has 1 aromatic heterocycles. The van der Waals surface area contributed by atoms with Gasteiger partial charge >= 0.3 is 5.97 Å². The van der Waals surface area contributed by atoms with Crippen molar-refractivity contribution in [2.75, 3.05) is 21.0 Å². The second-order valence-corrected chi connectivity index (χ2v) is 8.22. The largest absolute Gasteiger partial charge is 0.496 e. The van der Waals surface area contributed by atoms with Gasteiger partial charge in [0.2, 0.25) is 12.5 Å². The van der Waals surface area contributed by atoms with Gasteiger partial charge in [0.1, 0.15) is 28.2 Å². The Morgan fingerprint density at radius 1 is 0.886 bits per heavy atom. The SMILES string of the molecule is COc1cc([C@@H]2CC(=O)Oc3cc(OC)c4c(=O)cc(-c5ccccc5)oc4c32)cc2c1OCO2. The fraction of sp³-hybridized carbons (Fsp3) is 0.185. The highest BCUT2D eigenvalue weighted by Gasteiger charge is 2.35. The molecule has 2 aliphatic rings. The maximum atomic E-state index is 13.3. The summed E-state index contributed by atoms with van der Waals surface area (Å²) in [5, 5.41) is 0.279. The number of hydrogen-bond acceptors (Lipinski definition) is 8. The lowest BCUT2D eigenvalue weighted by atomic mass is 9.84. The molecule has 3 aromatic carbocycles. The van der Waals surface area contributed by atoms with Crippen LogP contribution in [0.5, 0.6) is 28.7 Å². The van der Waals surface area contributed by atoms with Crippen LogP contribution in [0.4, 0.5) is 0 Å². The van der Waals surface area contributed by atoms with Crippen LogP contribution in [0.15, 0.2) is 63.8 Å². The van der Waals surface area contributed by atoms with Crippen LogP contribution in [-0.2, 0) is 4.79 Å². The van der Waals surface area contributed by atoms with Gasteiger partial charge in [0, 0.05) is 29.2 Å². The summed E-state index contributed by atoms with van der Waals surface area (Å²) in [4.78, 5) is 25.9. The molecule has 0 fully saturated rings. The lowest BCUT2D eigenvalue weighted by Gasteiger charge is -2.27. The summed E-state index contributed by atoms with van der Waals surface area (Å²) in [6, 6.07) is 16.0. The van der Waals surface area contributed by atoms with Crippen LogP contribution in [-0.4, -0.2) is 27.0 Å². The zero-order valence-electron chi connectivity index (χ0n) is 19.0. The smallest absolute Gasteiger partial charge is 0.312 e. The Morgan fingerprint density at radius 3 is 2.46 bits per heavy atom. The summed E-state index contributed by atoms with van der Waals surface area (Å²) >= 11 is 0. The second kappa shape index (κ2) is 8.09. The highest BCUT2D eigenvalue weighted by Crippen LogP contribution is 2.50. The lowest BCUT2D eigenvalue weighted by molar-refractivity contribution is -0.135. The zero-order chi connectivity index (χ0) is 24.1. The molecule has 0 saturated carbocycles. The van der Waals surface area contributed by atoms with Gasteiger partial charge in [-0.25, -0.2) is 0 Å². The van der Waals surface area contributed by atoms with Gasteiger partial charge in [-0.3, -0.25) is 9.59 Å². The van der Waals surface area contributed by atoms with Crippen LogP contribution in [0, 0.1) is 0 Å². The third-order valence-corrected chi connectivity index (χ3v) is 6.27. The first-order valence-corrected chi connectivity index (χ1v) is 11.0. The first-order valence-electron chi connectivity index (χ1n) is 11.0. The standard InChI is InChI=1S/C27H20O8/c1-30-19-12-20-24(27-25(19)17(28)11-18(35-27)14-6-4-3-5-7-14)16(10-23(29)34-20)15-8-21(31-2)26-22(9-15)32-13-33-26/h3-9,11-12,16H,10,13H2,1-2H3/t16-/m0/s1. The van der Waals surface area contributed by atoms with Crippen molar-refractivity contribution in [2.24, 2.45) is 0 Å². The first-order chi connectivity index (χ1) is 17.1. The molecule has 0 amide bonds.